The van der Waals surface area contributed by atoms with Crippen LogP contribution in [-0.2, 0) is 0 Å². The molecule has 7 unspecified atom stereocenters. The molecule has 0 aromatic rings. The maximum absolute atomic E-state index is 11.3. The minimum atomic E-state index is -0.425. The molecule has 0 bridgehead atoms. The molecule has 0 radical (unpaired) electrons. The first-order valence-electron chi connectivity index (χ1n) is 9.83. The van der Waals surface area contributed by atoms with Gasteiger partial charge >= 0.3 is 0 Å². The summed E-state index contributed by atoms with van der Waals surface area (Å²) in [4.78, 5) is 0. The van der Waals surface area contributed by atoms with Crippen molar-refractivity contribution < 1.29 is 15.4 Å². The second kappa shape index (κ2) is 6.03. The minimum Gasteiger partial charge on any atom is -0.411 e. The van der Waals surface area contributed by atoms with Crippen molar-refractivity contribution in [1.29, 1.82) is 5.41 Å². The van der Waals surface area contributed by atoms with Crippen LogP contribution in [0.15, 0.2) is 29.0 Å². The Morgan fingerprint density at radius 2 is 2.08 bits per heavy atom. The van der Waals surface area contributed by atoms with E-state index in [4.69, 9.17) is 5.41 Å². The van der Waals surface area contributed by atoms with E-state index in [1.807, 2.05) is 12.2 Å². The van der Waals surface area contributed by atoms with E-state index in [1.165, 1.54) is 5.57 Å². The van der Waals surface area contributed by atoms with E-state index in [2.05, 4.69) is 25.1 Å². The maximum atomic E-state index is 11.3. The summed E-state index contributed by atoms with van der Waals surface area (Å²) in [7, 11) is 0. The van der Waals surface area contributed by atoms with Gasteiger partial charge in [-0.2, -0.15) is 0 Å². The number of nitrogens with one attached hydrogen (secondary N) is 1. The Balaban J connectivity index is 1.71. The van der Waals surface area contributed by atoms with E-state index in [-0.39, 0.29) is 29.3 Å². The van der Waals surface area contributed by atoms with Crippen LogP contribution in [0.3, 0.4) is 0 Å². The topological polar surface area (TPSA) is 96.9 Å². The summed E-state index contributed by atoms with van der Waals surface area (Å²) >= 11 is 0. The zero-order valence-electron chi connectivity index (χ0n) is 15.7. The molecule has 0 spiro atoms. The van der Waals surface area contributed by atoms with Gasteiger partial charge in [0.05, 0.1) is 24.1 Å². The molecule has 5 heteroatoms. The summed E-state index contributed by atoms with van der Waals surface area (Å²) in [6.45, 7) is 4.23. The highest BCUT2D eigenvalue weighted by Gasteiger charge is 2.62. The molecule has 0 aliphatic heterocycles. The van der Waals surface area contributed by atoms with E-state index in [1.54, 1.807) is 0 Å². The van der Waals surface area contributed by atoms with Gasteiger partial charge in [-0.1, -0.05) is 30.7 Å². The zero-order valence-corrected chi connectivity index (χ0v) is 15.7. The molecule has 0 aromatic carbocycles. The Morgan fingerprint density at radius 3 is 2.77 bits per heavy atom. The molecule has 142 valence electrons. The highest BCUT2D eigenvalue weighted by molar-refractivity contribution is 6.03. The zero-order chi connectivity index (χ0) is 18.7. The quantitative estimate of drug-likeness (QED) is 0.347. The largest absolute Gasteiger partial charge is 0.411 e. The predicted molar refractivity (Wildman–Crippen MR) is 101 cm³/mol. The second-order valence-electron chi connectivity index (χ2n) is 9.23. The van der Waals surface area contributed by atoms with Gasteiger partial charge < -0.3 is 20.8 Å². The van der Waals surface area contributed by atoms with Gasteiger partial charge in [-0.15, -0.1) is 0 Å². The normalized spacial score (nSPS) is 47.8. The lowest BCUT2D eigenvalue weighted by atomic mass is 9.46. The van der Waals surface area contributed by atoms with Crippen molar-refractivity contribution in [1.82, 2.24) is 0 Å². The van der Waals surface area contributed by atoms with Crippen molar-refractivity contribution in [2.45, 2.75) is 52.1 Å². The van der Waals surface area contributed by atoms with Gasteiger partial charge in [-0.3, -0.25) is 0 Å². The van der Waals surface area contributed by atoms with E-state index in [0.29, 0.717) is 29.7 Å². The lowest BCUT2D eigenvalue weighted by Crippen LogP contribution is -2.56. The number of aliphatic hydroxyl groups is 2. The van der Waals surface area contributed by atoms with Gasteiger partial charge in [0.15, 0.2) is 0 Å². The third kappa shape index (κ3) is 2.29. The predicted octanol–water partition coefficient (Wildman–Crippen LogP) is 3.15. The number of allylic oxidation sites excluding steroid dienone is 4. The number of hydrogen-bond donors (Lipinski definition) is 4. The lowest BCUT2D eigenvalue weighted by molar-refractivity contribution is -0.109. The molecule has 0 heterocycles. The van der Waals surface area contributed by atoms with Gasteiger partial charge in [0.2, 0.25) is 0 Å². The van der Waals surface area contributed by atoms with Crippen LogP contribution in [0.5, 0.6) is 0 Å². The fraction of sp³-hybridized carbons (Fsp3) is 0.714. The average Bonchev–Trinajstić information content (AvgIpc) is 2.93. The fourth-order valence-electron chi connectivity index (χ4n) is 7.11. The molecular weight excluding hydrogens is 328 g/mol. The summed E-state index contributed by atoms with van der Waals surface area (Å²) in [6, 6.07) is 0. The number of nitrogens with zero attached hydrogens (tertiary/aromatic N) is 1. The SMILES string of the molecule is CC12C=CC(=N)C=C1CCC1C2C(O)CC2(C)C(/C(CO)=N/O)CCC12. The summed E-state index contributed by atoms with van der Waals surface area (Å²) in [5.74, 6) is 1.11. The van der Waals surface area contributed by atoms with Crippen LogP contribution in [-0.4, -0.2) is 39.6 Å². The Hall–Kier alpha value is -1.46. The Kier molecular flexibility index (Phi) is 4.16. The van der Waals surface area contributed by atoms with Gasteiger partial charge in [0, 0.05) is 17.3 Å². The van der Waals surface area contributed by atoms with Crippen LogP contribution in [0.4, 0.5) is 0 Å². The third-order valence-electron chi connectivity index (χ3n) is 8.21. The first-order chi connectivity index (χ1) is 12.3. The summed E-state index contributed by atoms with van der Waals surface area (Å²) in [5.41, 5.74) is 2.01. The van der Waals surface area contributed by atoms with Crippen molar-refractivity contribution >= 4 is 11.4 Å². The van der Waals surface area contributed by atoms with Crippen molar-refractivity contribution in [2.75, 3.05) is 6.61 Å². The number of aliphatic hydroxyl groups excluding tert-OH is 2. The van der Waals surface area contributed by atoms with Crippen LogP contribution < -0.4 is 0 Å². The molecule has 4 aliphatic carbocycles. The smallest absolute Gasteiger partial charge is 0.0860 e. The third-order valence-corrected chi connectivity index (χ3v) is 8.21. The highest BCUT2D eigenvalue weighted by Crippen LogP contribution is 2.66. The summed E-state index contributed by atoms with van der Waals surface area (Å²) < 4.78 is 0. The first-order valence-corrected chi connectivity index (χ1v) is 9.83. The summed E-state index contributed by atoms with van der Waals surface area (Å²) in [5, 5.41) is 41.6. The van der Waals surface area contributed by atoms with Crippen molar-refractivity contribution in [3.05, 3.63) is 23.8 Å². The van der Waals surface area contributed by atoms with Gasteiger partial charge in [0.1, 0.15) is 0 Å². The number of hydrogen-bond acceptors (Lipinski definition) is 5. The van der Waals surface area contributed by atoms with E-state index in [0.717, 1.165) is 25.7 Å². The molecule has 0 aromatic heterocycles. The molecule has 7 atom stereocenters. The van der Waals surface area contributed by atoms with Crippen LogP contribution >= 0.6 is 0 Å². The Morgan fingerprint density at radius 1 is 1.31 bits per heavy atom. The van der Waals surface area contributed by atoms with E-state index in [9.17, 15) is 15.4 Å². The lowest BCUT2D eigenvalue weighted by Gasteiger charge is -2.58. The van der Waals surface area contributed by atoms with Crippen LogP contribution in [0.2, 0.25) is 0 Å². The van der Waals surface area contributed by atoms with E-state index < -0.39 is 6.10 Å². The molecule has 3 fully saturated rings. The highest BCUT2D eigenvalue weighted by atomic mass is 16.4. The Bertz CT molecular complexity index is 712. The number of fused-ring (bicyclic) bond motifs is 5. The molecule has 5 nitrogen and oxygen atoms in total. The molecule has 0 saturated heterocycles. The van der Waals surface area contributed by atoms with Gasteiger partial charge in [-0.05, 0) is 61.5 Å². The van der Waals surface area contributed by atoms with Crippen molar-refractivity contribution in [3.8, 4) is 0 Å². The van der Waals surface area contributed by atoms with Crippen molar-refractivity contribution in [2.24, 2.45) is 39.7 Å². The molecule has 0 amide bonds. The molecule has 4 aliphatic rings. The average molecular weight is 358 g/mol. The van der Waals surface area contributed by atoms with Crippen LogP contribution in [0.1, 0.15) is 46.0 Å². The van der Waals surface area contributed by atoms with Gasteiger partial charge in [0.25, 0.3) is 0 Å². The van der Waals surface area contributed by atoms with Crippen LogP contribution in [0, 0.1) is 39.9 Å². The number of rotatable bonds is 2. The standard InChI is InChI=1S/C21H30N2O3/c1-20-8-7-13(22)9-12(20)3-4-14-15-5-6-16(17(11-24)23-26)21(15,2)10-18(25)19(14)20/h7-9,14-16,18-19,22,24-26H,3-6,10-11H2,1-2H3/b22-13?,23-17+. The monoisotopic (exact) mass is 358 g/mol. The van der Waals surface area contributed by atoms with Crippen molar-refractivity contribution in [3.63, 3.8) is 0 Å². The fourth-order valence-corrected chi connectivity index (χ4v) is 7.11. The molecular formula is C21H30N2O3. The van der Waals surface area contributed by atoms with Crippen LogP contribution in [0.25, 0.3) is 0 Å². The minimum absolute atomic E-state index is 0.0397. The molecule has 4 rings (SSSR count). The molecule has 3 saturated carbocycles. The number of oxime groups is 1. The molecule has 4 N–H and O–H groups in total. The summed E-state index contributed by atoms with van der Waals surface area (Å²) in [6.07, 6.45) is 10.3. The maximum Gasteiger partial charge on any atom is 0.0860 e. The first kappa shape index (κ1) is 17.9. The Labute approximate surface area is 155 Å². The molecule has 26 heavy (non-hydrogen) atoms. The van der Waals surface area contributed by atoms with Gasteiger partial charge in [-0.25, -0.2) is 0 Å². The van der Waals surface area contributed by atoms with E-state index >= 15 is 0 Å². The second-order valence-corrected chi connectivity index (χ2v) is 9.23.